The Balaban J connectivity index is 2.46. The highest BCUT2D eigenvalue weighted by Gasteiger charge is 2.05. The van der Waals surface area contributed by atoms with Crippen molar-refractivity contribution in [1.29, 1.82) is 0 Å². The minimum absolute atomic E-state index is 0.00863. The number of carbonyl (C=O) groups excluding carboxylic acids is 1. The van der Waals surface area contributed by atoms with E-state index in [0.717, 1.165) is 5.56 Å². The lowest BCUT2D eigenvalue weighted by atomic mass is 10.2. The molecule has 0 radical (unpaired) electrons. The predicted molar refractivity (Wildman–Crippen MR) is 53.1 cm³/mol. The van der Waals surface area contributed by atoms with Crippen molar-refractivity contribution in [2.45, 2.75) is 20.4 Å². The highest BCUT2D eigenvalue weighted by atomic mass is 19.1. The first-order valence-corrected chi connectivity index (χ1v) is 4.61. The number of rotatable bonds is 3. The van der Waals surface area contributed by atoms with Crippen LogP contribution in [0.1, 0.15) is 19.4 Å². The number of carbonyl (C=O) groups is 1. The molecule has 1 rings (SSSR count). The number of nitrogens with one attached hydrogen (secondary N) is 1. The molecule has 0 saturated carbocycles. The van der Waals surface area contributed by atoms with Gasteiger partial charge in [-0.15, -0.1) is 0 Å². The van der Waals surface area contributed by atoms with Crippen molar-refractivity contribution in [2.75, 3.05) is 0 Å². The number of hydrogen-bond acceptors (Lipinski definition) is 1. The zero-order valence-electron chi connectivity index (χ0n) is 8.38. The molecule has 0 bridgehead atoms. The minimum atomic E-state index is -0.260. The minimum Gasteiger partial charge on any atom is -0.352 e. The van der Waals surface area contributed by atoms with Crippen molar-refractivity contribution in [3.63, 3.8) is 0 Å². The van der Waals surface area contributed by atoms with E-state index in [9.17, 15) is 9.18 Å². The van der Waals surface area contributed by atoms with Crippen LogP contribution in [0.3, 0.4) is 0 Å². The van der Waals surface area contributed by atoms with Crippen molar-refractivity contribution < 1.29 is 9.18 Å². The molecule has 0 heterocycles. The standard InChI is InChI=1S/C11H14FNO/c1-8(2)11(14)13-7-9-3-5-10(12)6-4-9/h3-6,8H,7H2,1-2H3,(H,13,14). The molecule has 2 nitrogen and oxygen atoms in total. The molecule has 0 aliphatic heterocycles. The van der Waals surface area contributed by atoms with Gasteiger partial charge in [-0.1, -0.05) is 26.0 Å². The van der Waals surface area contributed by atoms with Gasteiger partial charge in [0.1, 0.15) is 5.82 Å². The molecular formula is C11H14FNO. The van der Waals surface area contributed by atoms with Crippen LogP contribution in [-0.2, 0) is 11.3 Å². The van der Waals surface area contributed by atoms with E-state index in [1.807, 2.05) is 13.8 Å². The van der Waals surface area contributed by atoms with Gasteiger partial charge in [0.05, 0.1) is 0 Å². The van der Waals surface area contributed by atoms with Crippen molar-refractivity contribution in [3.8, 4) is 0 Å². The molecule has 1 aromatic carbocycles. The summed E-state index contributed by atoms with van der Waals surface area (Å²) in [6, 6.07) is 6.10. The summed E-state index contributed by atoms with van der Waals surface area (Å²) < 4.78 is 12.5. The van der Waals surface area contributed by atoms with Crippen LogP contribution in [0.25, 0.3) is 0 Å². The normalized spacial score (nSPS) is 10.3. The Labute approximate surface area is 83.1 Å². The van der Waals surface area contributed by atoms with E-state index in [-0.39, 0.29) is 17.6 Å². The summed E-state index contributed by atoms with van der Waals surface area (Å²) in [6.07, 6.45) is 0. The van der Waals surface area contributed by atoms with Crippen LogP contribution in [0.4, 0.5) is 4.39 Å². The number of amides is 1. The first-order valence-electron chi connectivity index (χ1n) is 4.61. The molecule has 0 saturated heterocycles. The number of halogens is 1. The molecule has 76 valence electrons. The van der Waals surface area contributed by atoms with E-state index >= 15 is 0 Å². The Morgan fingerprint density at radius 2 is 1.93 bits per heavy atom. The molecule has 1 N–H and O–H groups in total. The number of benzene rings is 1. The molecule has 0 unspecified atom stereocenters. The molecule has 1 amide bonds. The molecule has 1 aromatic rings. The summed E-state index contributed by atoms with van der Waals surface area (Å²) in [5.74, 6) is -0.270. The van der Waals surface area contributed by atoms with Gasteiger partial charge in [-0.2, -0.15) is 0 Å². The lowest BCUT2D eigenvalue weighted by molar-refractivity contribution is -0.124. The van der Waals surface area contributed by atoms with Crippen LogP contribution in [-0.4, -0.2) is 5.91 Å². The summed E-state index contributed by atoms with van der Waals surface area (Å²) in [6.45, 7) is 4.12. The average molecular weight is 195 g/mol. The van der Waals surface area contributed by atoms with E-state index < -0.39 is 0 Å². The van der Waals surface area contributed by atoms with Gasteiger partial charge in [0.2, 0.25) is 5.91 Å². The van der Waals surface area contributed by atoms with Gasteiger partial charge >= 0.3 is 0 Å². The fourth-order valence-corrected chi connectivity index (χ4v) is 0.996. The third kappa shape index (κ3) is 3.17. The molecular weight excluding hydrogens is 181 g/mol. The van der Waals surface area contributed by atoms with Gasteiger partial charge in [-0.05, 0) is 17.7 Å². The Hall–Kier alpha value is -1.38. The molecule has 3 heteroatoms. The molecule has 0 aliphatic rings. The quantitative estimate of drug-likeness (QED) is 0.786. The zero-order valence-corrected chi connectivity index (χ0v) is 8.38. The molecule has 0 fully saturated rings. The maximum atomic E-state index is 12.5. The maximum absolute atomic E-state index is 12.5. The third-order valence-electron chi connectivity index (χ3n) is 1.90. The van der Waals surface area contributed by atoms with Crippen molar-refractivity contribution in [1.82, 2.24) is 5.32 Å². The van der Waals surface area contributed by atoms with Gasteiger partial charge in [0.25, 0.3) is 0 Å². The zero-order chi connectivity index (χ0) is 10.6. The Kier molecular flexibility index (Phi) is 3.63. The third-order valence-corrected chi connectivity index (χ3v) is 1.90. The maximum Gasteiger partial charge on any atom is 0.222 e. The lowest BCUT2D eigenvalue weighted by Gasteiger charge is -2.07. The highest BCUT2D eigenvalue weighted by molar-refractivity contribution is 5.77. The average Bonchev–Trinajstić information content (AvgIpc) is 2.16. The van der Waals surface area contributed by atoms with Gasteiger partial charge in [-0.3, -0.25) is 4.79 Å². The van der Waals surface area contributed by atoms with Crippen molar-refractivity contribution in [2.24, 2.45) is 5.92 Å². The Bertz CT molecular complexity index is 306. The molecule has 0 atom stereocenters. The molecule has 0 aromatic heterocycles. The van der Waals surface area contributed by atoms with Crippen LogP contribution >= 0.6 is 0 Å². The highest BCUT2D eigenvalue weighted by Crippen LogP contribution is 2.02. The van der Waals surface area contributed by atoms with Gasteiger partial charge in [-0.25, -0.2) is 4.39 Å². The predicted octanol–water partition coefficient (Wildman–Crippen LogP) is 2.10. The molecule has 14 heavy (non-hydrogen) atoms. The summed E-state index contributed by atoms with van der Waals surface area (Å²) >= 11 is 0. The summed E-state index contributed by atoms with van der Waals surface area (Å²) in [5.41, 5.74) is 0.903. The first kappa shape index (κ1) is 10.7. The summed E-state index contributed by atoms with van der Waals surface area (Å²) in [4.78, 5) is 11.2. The Morgan fingerprint density at radius 1 is 1.36 bits per heavy atom. The fourth-order valence-electron chi connectivity index (χ4n) is 0.996. The van der Waals surface area contributed by atoms with Crippen LogP contribution in [0.5, 0.6) is 0 Å². The monoisotopic (exact) mass is 195 g/mol. The van der Waals surface area contributed by atoms with Gasteiger partial charge < -0.3 is 5.32 Å². The fraction of sp³-hybridized carbons (Fsp3) is 0.364. The largest absolute Gasteiger partial charge is 0.352 e. The van der Waals surface area contributed by atoms with Crippen LogP contribution < -0.4 is 5.32 Å². The van der Waals surface area contributed by atoms with Gasteiger partial charge in [0.15, 0.2) is 0 Å². The van der Waals surface area contributed by atoms with E-state index in [1.165, 1.54) is 12.1 Å². The van der Waals surface area contributed by atoms with Crippen LogP contribution in [0.2, 0.25) is 0 Å². The smallest absolute Gasteiger partial charge is 0.222 e. The van der Waals surface area contributed by atoms with E-state index in [1.54, 1.807) is 12.1 Å². The van der Waals surface area contributed by atoms with E-state index in [4.69, 9.17) is 0 Å². The van der Waals surface area contributed by atoms with E-state index in [0.29, 0.717) is 6.54 Å². The second-order valence-electron chi connectivity index (χ2n) is 3.50. The topological polar surface area (TPSA) is 29.1 Å². The second-order valence-corrected chi connectivity index (χ2v) is 3.50. The van der Waals surface area contributed by atoms with Crippen molar-refractivity contribution in [3.05, 3.63) is 35.6 Å². The number of hydrogen-bond donors (Lipinski definition) is 1. The Morgan fingerprint density at radius 3 is 2.43 bits per heavy atom. The first-order chi connectivity index (χ1) is 6.59. The van der Waals surface area contributed by atoms with Gasteiger partial charge in [0, 0.05) is 12.5 Å². The summed E-state index contributed by atoms with van der Waals surface area (Å²) in [5, 5.41) is 2.76. The molecule has 0 aliphatic carbocycles. The SMILES string of the molecule is CC(C)C(=O)NCc1ccc(F)cc1. The molecule has 0 spiro atoms. The van der Waals surface area contributed by atoms with E-state index in [2.05, 4.69) is 5.32 Å². The summed E-state index contributed by atoms with van der Waals surface area (Å²) in [7, 11) is 0. The van der Waals surface area contributed by atoms with Crippen LogP contribution in [0.15, 0.2) is 24.3 Å². The second kappa shape index (κ2) is 4.74. The van der Waals surface area contributed by atoms with Crippen molar-refractivity contribution >= 4 is 5.91 Å². The van der Waals surface area contributed by atoms with Crippen LogP contribution in [0, 0.1) is 11.7 Å². The lowest BCUT2D eigenvalue weighted by Crippen LogP contribution is -2.27.